The lowest BCUT2D eigenvalue weighted by atomic mass is 10.1. The molecule has 6 rings (SSSR count). The maximum Gasteiger partial charge on any atom is 0.162 e. The average Bonchev–Trinajstić information content (AvgIpc) is 3.53. The molecule has 5 aromatic rings. The van der Waals surface area contributed by atoms with E-state index in [4.69, 9.17) is 14.5 Å². The fraction of sp³-hybridized carbons (Fsp3) is 0.217. The lowest BCUT2D eigenvalue weighted by Crippen LogP contribution is -2.36. The highest BCUT2D eigenvalue weighted by Crippen LogP contribution is 2.34. The van der Waals surface area contributed by atoms with Gasteiger partial charge in [0.05, 0.1) is 43.9 Å². The Kier molecular flexibility index (Phi) is 4.76. The number of morpholine rings is 1. The molecule has 1 fully saturated rings. The normalized spacial score (nSPS) is 14.2. The Labute approximate surface area is 188 Å². The molecule has 0 bridgehead atoms. The zero-order valence-corrected chi connectivity index (χ0v) is 18.0. The van der Waals surface area contributed by atoms with Gasteiger partial charge in [0.15, 0.2) is 11.6 Å². The topological polar surface area (TPSA) is 117 Å². The molecule has 0 unspecified atom stereocenters. The number of fused-ring (bicyclic) bond motifs is 2. The quantitative estimate of drug-likeness (QED) is 0.379. The molecule has 0 atom stereocenters. The summed E-state index contributed by atoms with van der Waals surface area (Å²) >= 11 is 0. The minimum absolute atomic E-state index is 0.597. The van der Waals surface area contributed by atoms with Crippen molar-refractivity contribution in [3.05, 3.63) is 48.8 Å². The van der Waals surface area contributed by atoms with Gasteiger partial charge in [0.25, 0.3) is 0 Å². The van der Waals surface area contributed by atoms with Crippen LogP contribution in [0.2, 0.25) is 0 Å². The zero-order valence-electron chi connectivity index (χ0n) is 18.0. The predicted octanol–water partition coefficient (Wildman–Crippen LogP) is 3.49. The summed E-state index contributed by atoms with van der Waals surface area (Å²) in [7, 11) is 1.69. The van der Waals surface area contributed by atoms with Crippen molar-refractivity contribution < 1.29 is 9.47 Å². The molecule has 1 aliphatic heterocycles. The number of rotatable bonds is 5. The molecule has 1 aliphatic rings. The Bertz CT molecular complexity index is 1440. The smallest absolute Gasteiger partial charge is 0.162 e. The number of nitrogens with one attached hydrogen (secondary N) is 3. The van der Waals surface area contributed by atoms with Crippen molar-refractivity contribution >= 4 is 39.1 Å². The number of hydrogen-bond donors (Lipinski definition) is 3. The average molecular weight is 442 g/mol. The van der Waals surface area contributed by atoms with Gasteiger partial charge in [0.2, 0.25) is 0 Å². The van der Waals surface area contributed by atoms with Crippen LogP contribution in [-0.4, -0.2) is 63.8 Å². The van der Waals surface area contributed by atoms with E-state index in [9.17, 15) is 0 Å². The summed E-state index contributed by atoms with van der Waals surface area (Å²) < 4.78 is 11.2. The first-order valence-electron chi connectivity index (χ1n) is 10.7. The monoisotopic (exact) mass is 442 g/mol. The SMILES string of the molecule is COc1cc(Nc2nc(-c3ccc4cn[nH]c4c3)nc3cn[nH]c23)ccc1N1CCOCC1. The first-order chi connectivity index (χ1) is 16.3. The third-order valence-corrected chi connectivity index (χ3v) is 5.79. The molecule has 0 radical (unpaired) electrons. The summed E-state index contributed by atoms with van der Waals surface area (Å²) in [6.07, 6.45) is 3.49. The zero-order chi connectivity index (χ0) is 22.2. The van der Waals surface area contributed by atoms with Gasteiger partial charge in [-0.3, -0.25) is 10.2 Å². The summed E-state index contributed by atoms with van der Waals surface area (Å²) in [5.41, 5.74) is 5.18. The Morgan fingerprint density at radius 2 is 1.88 bits per heavy atom. The van der Waals surface area contributed by atoms with Gasteiger partial charge in [0, 0.05) is 35.8 Å². The molecule has 4 heterocycles. The molecule has 2 aromatic carbocycles. The van der Waals surface area contributed by atoms with Gasteiger partial charge in [-0.25, -0.2) is 9.97 Å². The molecule has 3 N–H and O–H groups in total. The summed E-state index contributed by atoms with van der Waals surface area (Å²) in [4.78, 5) is 11.8. The molecule has 3 aromatic heterocycles. The standard InChI is InChI=1S/C23H22N8O2/c1-32-20-11-16(4-5-19(20)31-6-8-33-9-7-31)26-23-21-18(13-25-30-21)27-22(28-23)14-2-3-15-12-24-29-17(15)10-14/h2-5,10-13H,6-9H2,1H3,(H,24,29)(H,25,30)(H,26,27,28). The first kappa shape index (κ1) is 19.5. The van der Waals surface area contributed by atoms with Crippen molar-refractivity contribution in [3.8, 4) is 17.1 Å². The molecule has 0 aliphatic carbocycles. The maximum absolute atomic E-state index is 5.69. The molecule has 0 amide bonds. The van der Waals surface area contributed by atoms with Gasteiger partial charge in [-0.15, -0.1) is 0 Å². The van der Waals surface area contributed by atoms with Crippen molar-refractivity contribution in [2.45, 2.75) is 0 Å². The van der Waals surface area contributed by atoms with Crippen LogP contribution in [0, 0.1) is 0 Å². The van der Waals surface area contributed by atoms with Crippen LogP contribution in [0.25, 0.3) is 33.3 Å². The third kappa shape index (κ3) is 3.60. The molecular weight excluding hydrogens is 420 g/mol. The highest BCUT2D eigenvalue weighted by Gasteiger charge is 2.17. The number of nitrogens with zero attached hydrogens (tertiary/aromatic N) is 5. The summed E-state index contributed by atoms with van der Waals surface area (Å²) in [6, 6.07) is 12.0. The van der Waals surface area contributed by atoms with Crippen LogP contribution in [0.5, 0.6) is 5.75 Å². The van der Waals surface area contributed by atoms with E-state index in [1.54, 1.807) is 19.5 Å². The molecule has 0 spiro atoms. The van der Waals surface area contributed by atoms with Gasteiger partial charge < -0.3 is 19.7 Å². The predicted molar refractivity (Wildman–Crippen MR) is 126 cm³/mol. The van der Waals surface area contributed by atoms with E-state index in [1.807, 2.05) is 30.3 Å². The van der Waals surface area contributed by atoms with Crippen molar-refractivity contribution in [1.82, 2.24) is 30.4 Å². The Balaban J connectivity index is 1.37. The van der Waals surface area contributed by atoms with Crippen LogP contribution < -0.4 is 15.0 Å². The van der Waals surface area contributed by atoms with Crippen molar-refractivity contribution in [1.29, 1.82) is 0 Å². The molecule has 10 nitrogen and oxygen atoms in total. The first-order valence-corrected chi connectivity index (χ1v) is 10.7. The Hall–Kier alpha value is -4.18. The number of benzene rings is 2. The summed E-state index contributed by atoms with van der Waals surface area (Å²) in [5.74, 6) is 2.03. The largest absolute Gasteiger partial charge is 0.495 e. The highest BCUT2D eigenvalue weighted by atomic mass is 16.5. The van der Waals surface area contributed by atoms with Gasteiger partial charge in [-0.05, 0) is 18.2 Å². The van der Waals surface area contributed by atoms with Gasteiger partial charge in [0.1, 0.15) is 16.8 Å². The molecular formula is C23H22N8O2. The Morgan fingerprint density at radius 1 is 1.00 bits per heavy atom. The summed E-state index contributed by atoms with van der Waals surface area (Å²) in [5, 5.41) is 18.7. The molecule has 10 heteroatoms. The van der Waals surface area contributed by atoms with E-state index in [0.29, 0.717) is 11.6 Å². The van der Waals surface area contributed by atoms with Crippen molar-refractivity contribution in [3.63, 3.8) is 0 Å². The second-order valence-corrected chi connectivity index (χ2v) is 7.81. The van der Waals surface area contributed by atoms with Crippen LogP contribution in [0.3, 0.4) is 0 Å². The number of hydrogen-bond acceptors (Lipinski definition) is 8. The molecule has 0 saturated carbocycles. The van der Waals surface area contributed by atoms with Crippen LogP contribution in [0.4, 0.5) is 17.2 Å². The van der Waals surface area contributed by atoms with Crippen molar-refractivity contribution in [2.24, 2.45) is 0 Å². The fourth-order valence-corrected chi connectivity index (χ4v) is 4.09. The van der Waals surface area contributed by atoms with Crippen LogP contribution in [-0.2, 0) is 4.74 Å². The minimum Gasteiger partial charge on any atom is -0.495 e. The Morgan fingerprint density at radius 3 is 2.76 bits per heavy atom. The summed E-state index contributed by atoms with van der Waals surface area (Å²) in [6.45, 7) is 3.12. The highest BCUT2D eigenvalue weighted by molar-refractivity contribution is 5.90. The van der Waals surface area contributed by atoms with Crippen LogP contribution in [0.15, 0.2) is 48.8 Å². The van der Waals surface area contributed by atoms with E-state index in [-0.39, 0.29) is 0 Å². The van der Waals surface area contributed by atoms with Crippen LogP contribution >= 0.6 is 0 Å². The number of ether oxygens (including phenoxy) is 2. The third-order valence-electron chi connectivity index (χ3n) is 5.79. The fourth-order valence-electron chi connectivity index (χ4n) is 4.09. The van der Waals surface area contributed by atoms with E-state index < -0.39 is 0 Å². The lowest BCUT2D eigenvalue weighted by Gasteiger charge is -2.30. The number of methoxy groups -OCH3 is 1. The van der Waals surface area contributed by atoms with Crippen LogP contribution in [0.1, 0.15) is 0 Å². The van der Waals surface area contributed by atoms with Gasteiger partial charge in [-0.1, -0.05) is 12.1 Å². The second-order valence-electron chi connectivity index (χ2n) is 7.81. The molecule has 33 heavy (non-hydrogen) atoms. The number of aromatic nitrogens is 6. The lowest BCUT2D eigenvalue weighted by molar-refractivity contribution is 0.122. The van der Waals surface area contributed by atoms with E-state index in [0.717, 1.165) is 70.9 Å². The van der Waals surface area contributed by atoms with Gasteiger partial charge >= 0.3 is 0 Å². The van der Waals surface area contributed by atoms with E-state index in [2.05, 4.69) is 41.7 Å². The number of aromatic amines is 2. The second kappa shape index (κ2) is 8.06. The number of anilines is 3. The van der Waals surface area contributed by atoms with E-state index >= 15 is 0 Å². The molecule has 166 valence electrons. The number of H-pyrrole nitrogens is 2. The maximum atomic E-state index is 5.69. The minimum atomic E-state index is 0.597. The molecule has 1 saturated heterocycles. The van der Waals surface area contributed by atoms with E-state index in [1.165, 1.54) is 0 Å². The van der Waals surface area contributed by atoms with Crippen molar-refractivity contribution in [2.75, 3.05) is 43.6 Å². The van der Waals surface area contributed by atoms with Gasteiger partial charge in [-0.2, -0.15) is 10.2 Å².